The zero-order valence-electron chi connectivity index (χ0n) is 9.95. The number of H-pyrrole nitrogens is 1. The summed E-state index contributed by atoms with van der Waals surface area (Å²) in [5, 5.41) is 9.69. The van der Waals surface area contributed by atoms with Crippen molar-refractivity contribution in [3.05, 3.63) is 36.0 Å². The van der Waals surface area contributed by atoms with E-state index < -0.39 is 0 Å². The van der Waals surface area contributed by atoms with Crippen LogP contribution in [0.5, 0.6) is 0 Å². The van der Waals surface area contributed by atoms with Crippen molar-refractivity contribution in [1.29, 1.82) is 0 Å². The average molecular weight is 229 g/mol. The normalized spacial score (nSPS) is 10.2. The summed E-state index contributed by atoms with van der Waals surface area (Å²) in [6, 6.07) is 7.89. The van der Waals surface area contributed by atoms with Gasteiger partial charge in [0, 0.05) is 18.8 Å². The van der Waals surface area contributed by atoms with Crippen molar-refractivity contribution in [2.24, 2.45) is 0 Å². The van der Waals surface area contributed by atoms with E-state index in [2.05, 4.69) is 28.5 Å². The van der Waals surface area contributed by atoms with Gasteiger partial charge in [-0.2, -0.15) is 5.10 Å². The van der Waals surface area contributed by atoms with E-state index in [1.54, 1.807) is 6.20 Å². The van der Waals surface area contributed by atoms with Crippen LogP contribution in [0.2, 0.25) is 0 Å². The van der Waals surface area contributed by atoms with Crippen molar-refractivity contribution in [1.82, 2.24) is 10.2 Å². The third-order valence-corrected chi connectivity index (χ3v) is 2.61. The molecule has 0 fully saturated rings. The van der Waals surface area contributed by atoms with Gasteiger partial charge in [0.2, 0.25) is 5.91 Å². The monoisotopic (exact) mass is 229 g/mol. The van der Waals surface area contributed by atoms with Gasteiger partial charge >= 0.3 is 0 Å². The lowest BCUT2D eigenvalue weighted by Gasteiger charge is -2.10. The molecule has 0 aliphatic carbocycles. The number of nitrogens with zero attached hydrogens (tertiary/aromatic N) is 1. The first-order valence-electron chi connectivity index (χ1n) is 5.61. The Hall–Kier alpha value is -2.10. The van der Waals surface area contributed by atoms with Crippen LogP contribution in [0.3, 0.4) is 0 Å². The Labute approximate surface area is 100 Å². The number of anilines is 1. The number of amides is 1. The molecule has 2 rings (SSSR count). The first-order chi connectivity index (χ1) is 8.20. The van der Waals surface area contributed by atoms with E-state index in [1.165, 1.54) is 6.92 Å². The molecular weight excluding hydrogens is 214 g/mol. The second kappa shape index (κ2) is 4.82. The number of nitrogens with one attached hydrogen (secondary N) is 2. The molecule has 2 N–H and O–H groups in total. The predicted octanol–water partition coefficient (Wildman–Crippen LogP) is 2.60. The molecule has 4 heteroatoms. The quantitative estimate of drug-likeness (QED) is 0.849. The van der Waals surface area contributed by atoms with Crippen LogP contribution < -0.4 is 5.32 Å². The molecule has 0 saturated carbocycles. The second-order valence-electron chi connectivity index (χ2n) is 3.88. The minimum Gasteiger partial charge on any atom is -0.326 e. The molecule has 0 atom stereocenters. The SMILES string of the molecule is CCc1cc(-c2ccn[nH]2)ccc1NC(C)=O. The Balaban J connectivity index is 2.37. The molecule has 0 spiro atoms. The summed E-state index contributed by atoms with van der Waals surface area (Å²) in [5.41, 5.74) is 4.05. The summed E-state index contributed by atoms with van der Waals surface area (Å²) in [7, 11) is 0. The number of benzene rings is 1. The molecule has 1 heterocycles. The van der Waals surface area contributed by atoms with Crippen molar-refractivity contribution >= 4 is 11.6 Å². The molecule has 4 nitrogen and oxygen atoms in total. The van der Waals surface area contributed by atoms with Gasteiger partial charge in [-0.1, -0.05) is 13.0 Å². The van der Waals surface area contributed by atoms with E-state index in [9.17, 15) is 4.79 Å². The molecule has 0 bridgehead atoms. The van der Waals surface area contributed by atoms with E-state index >= 15 is 0 Å². The Morgan fingerprint density at radius 1 is 1.41 bits per heavy atom. The minimum absolute atomic E-state index is 0.0472. The number of carbonyl (C=O) groups excluding carboxylic acids is 1. The summed E-state index contributed by atoms with van der Waals surface area (Å²) in [6.45, 7) is 3.58. The van der Waals surface area contributed by atoms with Crippen LogP contribution in [0, 0.1) is 0 Å². The summed E-state index contributed by atoms with van der Waals surface area (Å²) in [6.07, 6.45) is 2.60. The maximum atomic E-state index is 11.1. The van der Waals surface area contributed by atoms with Gasteiger partial charge in [0.05, 0.1) is 5.69 Å². The number of aromatic amines is 1. The first-order valence-corrected chi connectivity index (χ1v) is 5.61. The standard InChI is InChI=1S/C13H15N3O/c1-3-10-8-11(13-6-7-14-16-13)4-5-12(10)15-9(2)17/h4-8H,3H2,1-2H3,(H,14,16)(H,15,17). The van der Waals surface area contributed by atoms with Gasteiger partial charge in [-0.25, -0.2) is 0 Å². The Kier molecular flexibility index (Phi) is 3.23. The number of aryl methyl sites for hydroxylation is 1. The Morgan fingerprint density at radius 3 is 2.82 bits per heavy atom. The van der Waals surface area contributed by atoms with Crippen LogP contribution in [0.15, 0.2) is 30.5 Å². The van der Waals surface area contributed by atoms with Gasteiger partial charge in [-0.15, -0.1) is 0 Å². The zero-order chi connectivity index (χ0) is 12.3. The lowest BCUT2D eigenvalue weighted by atomic mass is 10.0. The molecule has 17 heavy (non-hydrogen) atoms. The molecule has 0 aliphatic rings. The minimum atomic E-state index is -0.0472. The number of carbonyl (C=O) groups is 1. The van der Waals surface area contributed by atoms with Crippen LogP contribution in [0.1, 0.15) is 19.4 Å². The van der Waals surface area contributed by atoms with Gasteiger partial charge in [0.25, 0.3) is 0 Å². The molecule has 2 aromatic rings. The van der Waals surface area contributed by atoms with Gasteiger partial charge in [0.1, 0.15) is 0 Å². The third kappa shape index (κ3) is 2.53. The highest BCUT2D eigenvalue weighted by atomic mass is 16.1. The summed E-state index contributed by atoms with van der Waals surface area (Å²) in [5.74, 6) is -0.0472. The zero-order valence-corrected chi connectivity index (χ0v) is 9.95. The van der Waals surface area contributed by atoms with Crippen LogP contribution >= 0.6 is 0 Å². The largest absolute Gasteiger partial charge is 0.326 e. The fourth-order valence-corrected chi connectivity index (χ4v) is 1.78. The molecule has 0 saturated heterocycles. The predicted molar refractivity (Wildman–Crippen MR) is 67.7 cm³/mol. The lowest BCUT2D eigenvalue weighted by Crippen LogP contribution is -2.07. The lowest BCUT2D eigenvalue weighted by molar-refractivity contribution is -0.114. The van der Waals surface area contributed by atoms with Crippen molar-refractivity contribution in [2.75, 3.05) is 5.32 Å². The molecule has 1 amide bonds. The van der Waals surface area contributed by atoms with Crippen molar-refractivity contribution in [2.45, 2.75) is 20.3 Å². The number of hydrogen-bond acceptors (Lipinski definition) is 2. The maximum Gasteiger partial charge on any atom is 0.221 e. The van der Waals surface area contributed by atoms with Crippen molar-refractivity contribution in [3.63, 3.8) is 0 Å². The van der Waals surface area contributed by atoms with Crippen molar-refractivity contribution < 1.29 is 4.79 Å². The molecular formula is C13H15N3O. The van der Waals surface area contributed by atoms with Crippen LogP contribution in [0.25, 0.3) is 11.3 Å². The topological polar surface area (TPSA) is 57.8 Å². The second-order valence-corrected chi connectivity index (χ2v) is 3.88. The fourth-order valence-electron chi connectivity index (χ4n) is 1.78. The van der Waals surface area contributed by atoms with E-state index in [4.69, 9.17) is 0 Å². The molecule has 0 aliphatic heterocycles. The summed E-state index contributed by atoms with van der Waals surface area (Å²) in [4.78, 5) is 11.1. The molecule has 0 unspecified atom stereocenters. The van der Waals surface area contributed by atoms with Crippen LogP contribution in [-0.4, -0.2) is 16.1 Å². The molecule has 0 radical (unpaired) electrons. The van der Waals surface area contributed by atoms with Gasteiger partial charge in [-0.05, 0) is 35.7 Å². The summed E-state index contributed by atoms with van der Waals surface area (Å²) < 4.78 is 0. The number of rotatable bonds is 3. The number of aromatic nitrogens is 2. The fraction of sp³-hybridized carbons (Fsp3) is 0.231. The van der Waals surface area contributed by atoms with Gasteiger partial charge in [-0.3, -0.25) is 9.89 Å². The molecule has 88 valence electrons. The van der Waals surface area contributed by atoms with Crippen molar-refractivity contribution in [3.8, 4) is 11.3 Å². The van der Waals surface area contributed by atoms with E-state index in [1.807, 2.05) is 18.2 Å². The van der Waals surface area contributed by atoms with E-state index in [0.717, 1.165) is 28.9 Å². The van der Waals surface area contributed by atoms with Crippen LogP contribution in [0.4, 0.5) is 5.69 Å². The van der Waals surface area contributed by atoms with Gasteiger partial charge in [0.15, 0.2) is 0 Å². The number of hydrogen-bond donors (Lipinski definition) is 2. The average Bonchev–Trinajstić information content (AvgIpc) is 2.82. The Bertz CT molecular complexity index is 517. The maximum absolute atomic E-state index is 11.1. The summed E-state index contributed by atoms with van der Waals surface area (Å²) >= 11 is 0. The highest BCUT2D eigenvalue weighted by Crippen LogP contribution is 2.24. The third-order valence-electron chi connectivity index (χ3n) is 2.61. The van der Waals surface area contributed by atoms with Crippen LogP contribution in [-0.2, 0) is 11.2 Å². The molecule has 1 aromatic heterocycles. The smallest absolute Gasteiger partial charge is 0.221 e. The first kappa shape index (κ1) is 11.4. The molecule has 1 aromatic carbocycles. The highest BCUT2D eigenvalue weighted by Gasteiger charge is 2.05. The Morgan fingerprint density at radius 2 is 2.24 bits per heavy atom. The van der Waals surface area contributed by atoms with E-state index in [0.29, 0.717) is 0 Å². The highest BCUT2D eigenvalue weighted by molar-refractivity contribution is 5.90. The van der Waals surface area contributed by atoms with E-state index in [-0.39, 0.29) is 5.91 Å². The van der Waals surface area contributed by atoms with Gasteiger partial charge < -0.3 is 5.32 Å².